The van der Waals surface area contributed by atoms with Gasteiger partial charge in [0.1, 0.15) is 0 Å². The lowest BCUT2D eigenvalue weighted by Crippen LogP contribution is -2.38. The number of ether oxygens (including phenoxy) is 2. The number of hydrogen-bond acceptors (Lipinski definition) is 3. The Morgan fingerprint density at radius 1 is 1.17 bits per heavy atom. The second kappa shape index (κ2) is 7.25. The zero-order valence-corrected chi connectivity index (χ0v) is 14.0. The van der Waals surface area contributed by atoms with Crippen LogP contribution in [0.15, 0.2) is 48.5 Å². The molecular formula is C19H22N2O3. The first-order valence-corrected chi connectivity index (χ1v) is 8.06. The second-order valence-electron chi connectivity index (χ2n) is 6.04. The molecule has 0 radical (unpaired) electrons. The van der Waals surface area contributed by atoms with E-state index in [1.807, 2.05) is 36.4 Å². The first kappa shape index (κ1) is 16.2. The zero-order chi connectivity index (χ0) is 16.9. The molecule has 0 saturated carbocycles. The van der Waals surface area contributed by atoms with Gasteiger partial charge in [0.2, 0.25) is 6.79 Å². The van der Waals surface area contributed by atoms with E-state index in [0.29, 0.717) is 13.1 Å². The molecule has 24 heavy (non-hydrogen) atoms. The Morgan fingerprint density at radius 3 is 2.71 bits per heavy atom. The van der Waals surface area contributed by atoms with Gasteiger partial charge in [0.15, 0.2) is 11.5 Å². The summed E-state index contributed by atoms with van der Waals surface area (Å²) in [6.07, 6.45) is 0. The van der Waals surface area contributed by atoms with Gasteiger partial charge in [-0.05, 0) is 29.2 Å². The fourth-order valence-electron chi connectivity index (χ4n) is 2.66. The number of carbonyl (C=O) groups is 1. The Balaban J connectivity index is 1.51. The normalized spacial score (nSPS) is 13.4. The molecule has 0 saturated heterocycles. The molecule has 1 heterocycles. The standard InChI is InChI=1S/C19H22N2O3/c1-14(16-6-4-3-5-7-16)11-20-19(22)21(2)12-15-8-9-17-18(10-15)24-13-23-17/h3-10,14H,11-13H2,1-2H3,(H,20,22). The molecule has 2 aromatic carbocycles. The third-order valence-corrected chi connectivity index (χ3v) is 4.13. The number of nitrogens with one attached hydrogen (secondary N) is 1. The first-order valence-electron chi connectivity index (χ1n) is 8.06. The molecule has 1 aliphatic rings. The number of amides is 2. The summed E-state index contributed by atoms with van der Waals surface area (Å²) < 4.78 is 10.7. The molecule has 1 unspecified atom stereocenters. The average Bonchev–Trinajstić information content (AvgIpc) is 3.07. The number of rotatable bonds is 5. The highest BCUT2D eigenvalue weighted by Crippen LogP contribution is 2.32. The van der Waals surface area contributed by atoms with Crippen molar-refractivity contribution in [1.82, 2.24) is 10.2 Å². The van der Waals surface area contributed by atoms with E-state index >= 15 is 0 Å². The van der Waals surface area contributed by atoms with Gasteiger partial charge in [-0.1, -0.05) is 43.3 Å². The van der Waals surface area contributed by atoms with Crippen molar-refractivity contribution in [2.45, 2.75) is 19.4 Å². The quantitative estimate of drug-likeness (QED) is 0.916. The average molecular weight is 326 g/mol. The molecule has 2 aromatic rings. The summed E-state index contributed by atoms with van der Waals surface area (Å²) in [5, 5.41) is 2.98. The van der Waals surface area contributed by atoms with Crippen LogP contribution in [-0.2, 0) is 6.54 Å². The third kappa shape index (κ3) is 3.79. The second-order valence-corrected chi connectivity index (χ2v) is 6.04. The van der Waals surface area contributed by atoms with Crippen LogP contribution in [0.3, 0.4) is 0 Å². The van der Waals surface area contributed by atoms with Crippen molar-refractivity contribution < 1.29 is 14.3 Å². The van der Waals surface area contributed by atoms with Crippen LogP contribution >= 0.6 is 0 Å². The van der Waals surface area contributed by atoms with E-state index in [1.165, 1.54) is 5.56 Å². The molecule has 0 bridgehead atoms. The van der Waals surface area contributed by atoms with Crippen molar-refractivity contribution in [3.63, 3.8) is 0 Å². The zero-order valence-electron chi connectivity index (χ0n) is 14.0. The van der Waals surface area contributed by atoms with Gasteiger partial charge in [-0.25, -0.2) is 4.79 Å². The molecule has 126 valence electrons. The summed E-state index contributed by atoms with van der Waals surface area (Å²) in [5.74, 6) is 1.76. The van der Waals surface area contributed by atoms with Gasteiger partial charge in [-0.3, -0.25) is 0 Å². The van der Waals surface area contributed by atoms with Crippen LogP contribution in [0.25, 0.3) is 0 Å². The molecule has 3 rings (SSSR count). The topological polar surface area (TPSA) is 50.8 Å². The van der Waals surface area contributed by atoms with E-state index < -0.39 is 0 Å². The molecule has 0 aromatic heterocycles. The van der Waals surface area contributed by atoms with Gasteiger partial charge in [0.05, 0.1) is 0 Å². The monoisotopic (exact) mass is 326 g/mol. The first-order chi connectivity index (χ1) is 11.6. The van der Waals surface area contributed by atoms with Crippen LogP contribution < -0.4 is 14.8 Å². The molecule has 0 fully saturated rings. The summed E-state index contributed by atoms with van der Waals surface area (Å²) in [6, 6.07) is 15.8. The Hall–Kier alpha value is -2.69. The van der Waals surface area contributed by atoms with Gasteiger partial charge in [-0.15, -0.1) is 0 Å². The minimum Gasteiger partial charge on any atom is -0.454 e. The predicted molar refractivity (Wildman–Crippen MR) is 92.3 cm³/mol. The van der Waals surface area contributed by atoms with Crippen LogP contribution in [0.5, 0.6) is 11.5 Å². The van der Waals surface area contributed by atoms with Crippen LogP contribution in [0.2, 0.25) is 0 Å². The van der Waals surface area contributed by atoms with Gasteiger partial charge < -0.3 is 19.7 Å². The summed E-state index contributed by atoms with van der Waals surface area (Å²) in [5.41, 5.74) is 2.23. The highest BCUT2D eigenvalue weighted by Gasteiger charge is 2.16. The number of benzene rings is 2. The number of hydrogen-bond donors (Lipinski definition) is 1. The Morgan fingerprint density at radius 2 is 1.92 bits per heavy atom. The number of urea groups is 1. The molecule has 5 nitrogen and oxygen atoms in total. The lowest BCUT2D eigenvalue weighted by atomic mass is 10.0. The molecule has 1 N–H and O–H groups in total. The molecule has 5 heteroatoms. The van der Waals surface area contributed by atoms with Crippen LogP contribution in [0, 0.1) is 0 Å². The van der Waals surface area contributed by atoms with E-state index in [2.05, 4.69) is 24.4 Å². The maximum atomic E-state index is 12.3. The highest BCUT2D eigenvalue weighted by molar-refractivity contribution is 5.74. The number of carbonyl (C=O) groups excluding carboxylic acids is 1. The highest BCUT2D eigenvalue weighted by atomic mass is 16.7. The summed E-state index contributed by atoms with van der Waals surface area (Å²) in [6.45, 7) is 3.48. The predicted octanol–water partition coefficient (Wildman–Crippen LogP) is 3.36. The minimum atomic E-state index is -0.0875. The SMILES string of the molecule is CC(CNC(=O)N(C)Cc1ccc2c(c1)OCO2)c1ccccc1. The molecule has 1 aliphatic heterocycles. The van der Waals surface area contributed by atoms with E-state index in [9.17, 15) is 4.79 Å². The smallest absolute Gasteiger partial charge is 0.317 e. The van der Waals surface area contributed by atoms with Gasteiger partial charge >= 0.3 is 6.03 Å². The summed E-state index contributed by atoms with van der Waals surface area (Å²) in [7, 11) is 1.78. The molecule has 0 aliphatic carbocycles. The summed E-state index contributed by atoms with van der Waals surface area (Å²) in [4.78, 5) is 13.9. The fraction of sp³-hybridized carbons (Fsp3) is 0.316. The maximum absolute atomic E-state index is 12.3. The minimum absolute atomic E-state index is 0.0875. The van der Waals surface area contributed by atoms with Crippen molar-refractivity contribution in [1.29, 1.82) is 0 Å². The van der Waals surface area contributed by atoms with E-state index in [0.717, 1.165) is 17.1 Å². The van der Waals surface area contributed by atoms with E-state index in [-0.39, 0.29) is 18.7 Å². The molecular weight excluding hydrogens is 304 g/mol. The summed E-state index contributed by atoms with van der Waals surface area (Å²) >= 11 is 0. The van der Waals surface area contributed by atoms with Gasteiger partial charge in [0, 0.05) is 20.1 Å². The van der Waals surface area contributed by atoms with Crippen molar-refractivity contribution in [2.75, 3.05) is 20.4 Å². The van der Waals surface area contributed by atoms with Crippen molar-refractivity contribution in [3.05, 3.63) is 59.7 Å². The van der Waals surface area contributed by atoms with Crippen LogP contribution in [-0.4, -0.2) is 31.3 Å². The largest absolute Gasteiger partial charge is 0.454 e. The lowest BCUT2D eigenvalue weighted by Gasteiger charge is -2.20. The van der Waals surface area contributed by atoms with Crippen molar-refractivity contribution in [3.8, 4) is 11.5 Å². The van der Waals surface area contributed by atoms with Crippen molar-refractivity contribution >= 4 is 6.03 Å². The Kier molecular flexibility index (Phi) is 4.89. The molecule has 0 spiro atoms. The van der Waals surface area contributed by atoms with Crippen LogP contribution in [0.4, 0.5) is 4.79 Å². The van der Waals surface area contributed by atoms with Gasteiger partial charge in [-0.2, -0.15) is 0 Å². The number of nitrogens with zero attached hydrogens (tertiary/aromatic N) is 1. The van der Waals surface area contributed by atoms with Crippen LogP contribution in [0.1, 0.15) is 24.0 Å². The Bertz CT molecular complexity index is 703. The van der Waals surface area contributed by atoms with E-state index in [1.54, 1.807) is 11.9 Å². The third-order valence-electron chi connectivity index (χ3n) is 4.13. The van der Waals surface area contributed by atoms with E-state index in [4.69, 9.17) is 9.47 Å². The Labute approximate surface area is 142 Å². The molecule has 1 atom stereocenters. The fourth-order valence-corrected chi connectivity index (χ4v) is 2.66. The van der Waals surface area contributed by atoms with Crippen molar-refractivity contribution in [2.24, 2.45) is 0 Å². The van der Waals surface area contributed by atoms with Gasteiger partial charge in [0.25, 0.3) is 0 Å². The maximum Gasteiger partial charge on any atom is 0.317 e. The number of fused-ring (bicyclic) bond motifs is 1. The molecule has 2 amide bonds. The lowest BCUT2D eigenvalue weighted by molar-refractivity contribution is 0.174.